The highest BCUT2D eigenvalue weighted by atomic mass is 16.5. The van der Waals surface area contributed by atoms with Crippen LogP contribution < -0.4 is 4.74 Å². The number of aromatic hydroxyl groups is 1. The minimum atomic E-state index is -1.55. The number of aromatic nitrogens is 1. The number of rotatable bonds is 7. The van der Waals surface area contributed by atoms with Crippen molar-refractivity contribution in [1.82, 2.24) is 9.88 Å². The van der Waals surface area contributed by atoms with E-state index in [1.807, 2.05) is 0 Å². The molecule has 1 aromatic carbocycles. The molecule has 0 radical (unpaired) electrons. The molecule has 0 atom stereocenters. The Bertz CT molecular complexity index is 902. The van der Waals surface area contributed by atoms with Gasteiger partial charge in [-0.15, -0.1) is 0 Å². The Morgan fingerprint density at radius 1 is 1.31 bits per heavy atom. The van der Waals surface area contributed by atoms with E-state index in [1.54, 1.807) is 29.4 Å². The Balaban J connectivity index is 1.70. The number of likely N-dealkylation sites (tertiary alicyclic amines) is 1. The number of aromatic carboxylic acids is 1. The van der Waals surface area contributed by atoms with Gasteiger partial charge in [0.25, 0.3) is 0 Å². The Morgan fingerprint density at radius 3 is 2.66 bits per heavy atom. The number of ether oxygens (including phenoxy) is 1. The monoisotopic (exact) mass is 401 g/mol. The first-order chi connectivity index (χ1) is 13.9. The first kappa shape index (κ1) is 20.4. The molecule has 10 nitrogen and oxygen atoms in total. The zero-order valence-corrected chi connectivity index (χ0v) is 15.3. The van der Waals surface area contributed by atoms with E-state index in [2.05, 4.69) is 10.1 Å². The van der Waals surface area contributed by atoms with Crippen molar-refractivity contribution in [2.75, 3.05) is 13.1 Å². The molecule has 0 bridgehead atoms. The van der Waals surface area contributed by atoms with Gasteiger partial charge in [0.1, 0.15) is 23.2 Å². The fourth-order valence-electron chi connectivity index (χ4n) is 3.07. The van der Waals surface area contributed by atoms with Crippen molar-refractivity contribution in [2.24, 2.45) is 5.16 Å². The smallest absolute Gasteiger partial charge is 0.451 e. The maximum Gasteiger partial charge on any atom is 0.451 e. The number of carboxylic acid groups (broad SMARTS) is 1. The van der Waals surface area contributed by atoms with Gasteiger partial charge in [-0.3, -0.25) is 4.98 Å². The van der Waals surface area contributed by atoms with Gasteiger partial charge >= 0.3 is 13.1 Å². The van der Waals surface area contributed by atoms with Crippen molar-refractivity contribution in [3.8, 4) is 11.5 Å². The van der Waals surface area contributed by atoms with Gasteiger partial charge in [0.15, 0.2) is 5.84 Å². The van der Waals surface area contributed by atoms with Gasteiger partial charge < -0.3 is 35.1 Å². The number of hydrogen-bond acceptors (Lipinski definition) is 8. The van der Waals surface area contributed by atoms with Crippen LogP contribution in [0, 0.1) is 0 Å². The van der Waals surface area contributed by atoms with Gasteiger partial charge in [-0.2, -0.15) is 0 Å². The Labute approximate surface area is 166 Å². The number of benzene rings is 1. The molecule has 3 rings (SSSR count). The molecule has 0 spiro atoms. The number of amidine groups is 1. The number of nitrogens with zero attached hydrogens (tertiary/aromatic N) is 3. The van der Waals surface area contributed by atoms with Gasteiger partial charge in [-0.05, 0) is 36.5 Å². The molecule has 2 heterocycles. The van der Waals surface area contributed by atoms with Crippen molar-refractivity contribution in [3.05, 3.63) is 53.3 Å². The minimum absolute atomic E-state index is 0.0109. The highest BCUT2D eigenvalue weighted by Crippen LogP contribution is 2.34. The summed E-state index contributed by atoms with van der Waals surface area (Å²) in [4.78, 5) is 17.3. The second kappa shape index (κ2) is 8.80. The molecule has 1 fully saturated rings. The van der Waals surface area contributed by atoms with Crippen LogP contribution in [-0.4, -0.2) is 73.5 Å². The lowest BCUT2D eigenvalue weighted by molar-refractivity contribution is 0.0587. The van der Waals surface area contributed by atoms with Crippen molar-refractivity contribution >= 4 is 18.9 Å². The van der Waals surface area contributed by atoms with Crippen LogP contribution >= 0.6 is 0 Å². The molecule has 2 aromatic rings. The normalized spacial score (nSPS) is 14.4. The molecular weight excluding hydrogens is 381 g/mol. The molecule has 1 saturated heterocycles. The predicted molar refractivity (Wildman–Crippen MR) is 102 cm³/mol. The molecule has 0 unspecified atom stereocenters. The fraction of sp³-hybridized carbons (Fsp3) is 0.278. The molecule has 5 N–H and O–H groups in total. The summed E-state index contributed by atoms with van der Waals surface area (Å²) in [5.74, 6) is -1.47. The zero-order chi connectivity index (χ0) is 21.0. The van der Waals surface area contributed by atoms with Crippen LogP contribution in [0.4, 0.5) is 0 Å². The molecule has 1 aliphatic rings. The van der Waals surface area contributed by atoms with E-state index in [-0.39, 0.29) is 35.7 Å². The molecule has 0 saturated carbocycles. The van der Waals surface area contributed by atoms with E-state index in [1.165, 1.54) is 12.1 Å². The maximum absolute atomic E-state index is 11.6. The van der Waals surface area contributed by atoms with Gasteiger partial charge in [-0.25, -0.2) is 4.79 Å². The standard InChI is InChI=1S/C18H20BN3O7/c23-16-11(5-6-19(26)27)3-4-14(15(16)18(24)25)29-13-9-22(10-13)17(21-28)12-2-1-7-20-8-12/h1-4,7-8,13,23,26-28H,5-6,9-10H2,(H,24,25). The average Bonchev–Trinajstić information content (AvgIpc) is 2.66. The highest BCUT2D eigenvalue weighted by Gasteiger charge is 2.33. The van der Waals surface area contributed by atoms with Crippen molar-refractivity contribution in [2.45, 2.75) is 18.8 Å². The van der Waals surface area contributed by atoms with Crippen LogP contribution in [0.2, 0.25) is 6.32 Å². The topological polar surface area (TPSA) is 156 Å². The maximum atomic E-state index is 11.6. The number of oxime groups is 1. The summed E-state index contributed by atoms with van der Waals surface area (Å²) in [6, 6.07) is 6.39. The summed E-state index contributed by atoms with van der Waals surface area (Å²) in [5, 5.41) is 50.3. The Hall–Kier alpha value is -3.31. The largest absolute Gasteiger partial charge is 0.507 e. The number of phenols is 1. The number of aryl methyl sites for hydroxylation is 1. The Kier molecular flexibility index (Phi) is 6.20. The number of carboxylic acids is 1. The zero-order valence-electron chi connectivity index (χ0n) is 15.3. The molecule has 0 aliphatic carbocycles. The van der Waals surface area contributed by atoms with Gasteiger partial charge in [-0.1, -0.05) is 11.2 Å². The van der Waals surface area contributed by atoms with Crippen LogP contribution in [0.15, 0.2) is 41.8 Å². The summed E-state index contributed by atoms with van der Waals surface area (Å²) < 4.78 is 5.73. The summed E-state index contributed by atoms with van der Waals surface area (Å²) in [7, 11) is -1.55. The number of hydrogen-bond donors (Lipinski definition) is 5. The predicted octanol–water partition coefficient (Wildman–Crippen LogP) is 0.400. The van der Waals surface area contributed by atoms with Crippen molar-refractivity contribution < 1.29 is 35.0 Å². The molecule has 1 aliphatic heterocycles. The van der Waals surface area contributed by atoms with Gasteiger partial charge in [0, 0.05) is 18.0 Å². The quantitative estimate of drug-likeness (QED) is 0.146. The second-order valence-electron chi connectivity index (χ2n) is 6.58. The second-order valence-corrected chi connectivity index (χ2v) is 6.58. The summed E-state index contributed by atoms with van der Waals surface area (Å²) >= 11 is 0. The van der Waals surface area contributed by atoms with Crippen LogP contribution in [-0.2, 0) is 6.42 Å². The third-order valence-electron chi connectivity index (χ3n) is 4.56. The summed E-state index contributed by atoms with van der Waals surface area (Å²) in [5.41, 5.74) is 0.536. The molecular formula is C18H20BN3O7. The van der Waals surface area contributed by atoms with E-state index in [4.69, 9.17) is 14.8 Å². The minimum Gasteiger partial charge on any atom is -0.507 e. The van der Waals surface area contributed by atoms with E-state index in [0.29, 0.717) is 24.5 Å². The molecule has 29 heavy (non-hydrogen) atoms. The van der Waals surface area contributed by atoms with E-state index in [9.17, 15) is 20.2 Å². The van der Waals surface area contributed by atoms with Crippen molar-refractivity contribution in [3.63, 3.8) is 0 Å². The average molecular weight is 401 g/mol. The molecule has 11 heteroatoms. The van der Waals surface area contributed by atoms with E-state index < -0.39 is 18.8 Å². The van der Waals surface area contributed by atoms with Crippen LogP contribution in [0.3, 0.4) is 0 Å². The summed E-state index contributed by atoms with van der Waals surface area (Å²) in [6.45, 7) is 0.707. The van der Waals surface area contributed by atoms with Gasteiger partial charge in [0.2, 0.25) is 0 Å². The molecule has 0 amide bonds. The van der Waals surface area contributed by atoms with Crippen LogP contribution in [0.5, 0.6) is 11.5 Å². The lowest BCUT2D eigenvalue weighted by Gasteiger charge is -2.40. The molecule has 1 aromatic heterocycles. The lowest BCUT2D eigenvalue weighted by atomic mass is 9.82. The third-order valence-corrected chi connectivity index (χ3v) is 4.56. The van der Waals surface area contributed by atoms with Crippen LogP contribution in [0.25, 0.3) is 0 Å². The van der Waals surface area contributed by atoms with Crippen molar-refractivity contribution in [1.29, 1.82) is 0 Å². The lowest BCUT2D eigenvalue weighted by Crippen LogP contribution is -2.56. The van der Waals surface area contributed by atoms with E-state index >= 15 is 0 Å². The Morgan fingerprint density at radius 2 is 2.07 bits per heavy atom. The first-order valence-corrected chi connectivity index (χ1v) is 8.89. The highest BCUT2D eigenvalue weighted by molar-refractivity contribution is 6.41. The fourth-order valence-corrected chi connectivity index (χ4v) is 3.07. The summed E-state index contributed by atoms with van der Waals surface area (Å²) in [6.07, 6.45) is 2.85. The van der Waals surface area contributed by atoms with Gasteiger partial charge in [0.05, 0.1) is 13.1 Å². The van der Waals surface area contributed by atoms with E-state index in [0.717, 1.165) is 0 Å². The SMILES string of the molecule is O=C(O)c1c(OC2CN(C(=NO)c3cccnc3)C2)ccc(CCB(O)O)c1O. The molecule has 152 valence electrons. The number of carbonyl (C=O) groups is 1. The first-order valence-electron chi connectivity index (χ1n) is 8.89. The third kappa shape index (κ3) is 4.58. The number of pyridine rings is 1. The van der Waals surface area contributed by atoms with Crippen LogP contribution in [0.1, 0.15) is 21.5 Å².